The summed E-state index contributed by atoms with van der Waals surface area (Å²) in [6.45, 7) is 7.65. The molecule has 2 heterocycles. The fourth-order valence-electron chi connectivity index (χ4n) is 2.13. The van der Waals surface area contributed by atoms with Crippen LogP contribution in [0.2, 0.25) is 0 Å². The van der Waals surface area contributed by atoms with Crippen molar-refractivity contribution >= 4 is 11.7 Å². The lowest BCUT2D eigenvalue weighted by molar-refractivity contribution is 0.0766. The second-order valence-corrected chi connectivity index (χ2v) is 4.87. The first-order valence-corrected chi connectivity index (χ1v) is 7.41. The Morgan fingerprint density at radius 3 is 2.50 bits per heavy atom. The molecule has 6 nitrogen and oxygen atoms in total. The van der Waals surface area contributed by atoms with Crippen molar-refractivity contribution in [2.45, 2.75) is 27.3 Å². The number of pyridine rings is 1. The zero-order valence-electron chi connectivity index (χ0n) is 13.2. The summed E-state index contributed by atoms with van der Waals surface area (Å²) in [5.41, 5.74) is 1.52. The molecule has 0 aromatic carbocycles. The summed E-state index contributed by atoms with van der Waals surface area (Å²) in [5.74, 6) is 1.16. The van der Waals surface area contributed by atoms with Crippen molar-refractivity contribution in [3.63, 3.8) is 0 Å². The molecule has 0 atom stereocenters. The average molecular weight is 299 g/mol. The van der Waals surface area contributed by atoms with Crippen molar-refractivity contribution in [2.24, 2.45) is 0 Å². The van der Waals surface area contributed by atoms with E-state index in [9.17, 15) is 4.79 Å². The molecule has 0 radical (unpaired) electrons. The van der Waals surface area contributed by atoms with Gasteiger partial charge < -0.3 is 10.2 Å². The van der Waals surface area contributed by atoms with Crippen LogP contribution in [0.5, 0.6) is 0 Å². The van der Waals surface area contributed by atoms with Gasteiger partial charge in [0.05, 0.1) is 0 Å². The highest BCUT2D eigenvalue weighted by atomic mass is 16.2. The van der Waals surface area contributed by atoms with Gasteiger partial charge in [0, 0.05) is 38.1 Å². The maximum atomic E-state index is 12.4. The molecule has 6 heteroatoms. The molecule has 0 fully saturated rings. The van der Waals surface area contributed by atoms with Crippen LogP contribution in [0.3, 0.4) is 0 Å². The molecule has 22 heavy (non-hydrogen) atoms. The Labute approximate surface area is 130 Å². The minimum atomic E-state index is -0.0672. The minimum absolute atomic E-state index is 0.0672. The van der Waals surface area contributed by atoms with Gasteiger partial charge in [0.2, 0.25) is 0 Å². The van der Waals surface area contributed by atoms with E-state index in [2.05, 4.69) is 20.3 Å². The highest BCUT2D eigenvalue weighted by molar-refractivity contribution is 5.92. The van der Waals surface area contributed by atoms with Crippen molar-refractivity contribution in [3.05, 3.63) is 47.7 Å². The van der Waals surface area contributed by atoms with Crippen molar-refractivity contribution in [2.75, 3.05) is 18.4 Å². The van der Waals surface area contributed by atoms with Gasteiger partial charge >= 0.3 is 0 Å². The number of hydrogen-bond donors (Lipinski definition) is 1. The molecule has 2 aromatic rings. The maximum absolute atomic E-state index is 12.4. The number of anilines is 1. The Kier molecular flexibility index (Phi) is 5.41. The molecule has 0 unspecified atom stereocenters. The molecule has 1 N–H and O–H groups in total. The van der Waals surface area contributed by atoms with Gasteiger partial charge in [-0.15, -0.1) is 0 Å². The van der Waals surface area contributed by atoms with E-state index in [1.54, 1.807) is 30.3 Å². The van der Waals surface area contributed by atoms with E-state index in [0.717, 1.165) is 5.56 Å². The first-order chi connectivity index (χ1) is 10.6. The molecular formula is C16H21N5O. The van der Waals surface area contributed by atoms with Gasteiger partial charge in [-0.2, -0.15) is 0 Å². The zero-order chi connectivity index (χ0) is 15.9. The van der Waals surface area contributed by atoms with E-state index >= 15 is 0 Å². The van der Waals surface area contributed by atoms with Crippen LogP contribution in [0.4, 0.5) is 5.82 Å². The second-order valence-electron chi connectivity index (χ2n) is 4.87. The summed E-state index contributed by atoms with van der Waals surface area (Å²) in [7, 11) is 0. The van der Waals surface area contributed by atoms with Gasteiger partial charge in [-0.1, -0.05) is 0 Å². The van der Waals surface area contributed by atoms with Crippen LogP contribution >= 0.6 is 0 Å². The Morgan fingerprint density at radius 1 is 1.18 bits per heavy atom. The molecule has 1 amide bonds. The van der Waals surface area contributed by atoms with E-state index in [4.69, 9.17) is 0 Å². The number of aryl methyl sites for hydroxylation is 1. The van der Waals surface area contributed by atoms with Gasteiger partial charge in [-0.05, 0) is 38.5 Å². The average Bonchev–Trinajstić information content (AvgIpc) is 2.54. The van der Waals surface area contributed by atoms with Gasteiger partial charge in [-0.3, -0.25) is 9.78 Å². The molecular weight excluding hydrogens is 278 g/mol. The third kappa shape index (κ3) is 4.00. The lowest BCUT2D eigenvalue weighted by Gasteiger charge is -2.18. The van der Waals surface area contributed by atoms with E-state index in [1.165, 1.54) is 0 Å². The predicted octanol–water partition coefficient (Wildman–Crippen LogP) is 2.27. The number of carbonyl (C=O) groups excluding carboxylic acids is 1. The normalized spacial score (nSPS) is 10.3. The van der Waals surface area contributed by atoms with Gasteiger partial charge in [0.15, 0.2) is 0 Å². The first kappa shape index (κ1) is 15.9. The van der Waals surface area contributed by atoms with E-state index in [1.807, 2.05) is 26.0 Å². The predicted molar refractivity (Wildman–Crippen MR) is 85.6 cm³/mol. The van der Waals surface area contributed by atoms with Crippen molar-refractivity contribution < 1.29 is 4.79 Å². The minimum Gasteiger partial charge on any atom is -0.366 e. The third-order valence-corrected chi connectivity index (χ3v) is 3.33. The second kappa shape index (κ2) is 7.49. The zero-order valence-corrected chi connectivity index (χ0v) is 13.2. The summed E-state index contributed by atoms with van der Waals surface area (Å²) >= 11 is 0. The molecule has 0 saturated heterocycles. The largest absolute Gasteiger partial charge is 0.366 e. The molecule has 0 aliphatic rings. The lowest BCUT2D eigenvalue weighted by Crippen LogP contribution is -2.31. The number of amides is 1. The number of nitrogens with one attached hydrogen (secondary N) is 1. The Bertz CT molecular complexity index is 626. The number of carbonyl (C=O) groups is 1. The van der Waals surface area contributed by atoms with Crippen molar-refractivity contribution in [1.29, 1.82) is 0 Å². The van der Waals surface area contributed by atoms with Gasteiger partial charge in [-0.25, -0.2) is 9.97 Å². The fourth-order valence-corrected chi connectivity index (χ4v) is 2.13. The van der Waals surface area contributed by atoms with E-state index in [0.29, 0.717) is 37.0 Å². The monoisotopic (exact) mass is 299 g/mol. The van der Waals surface area contributed by atoms with Gasteiger partial charge in [0.25, 0.3) is 5.91 Å². The van der Waals surface area contributed by atoms with Crippen LogP contribution < -0.4 is 5.32 Å². The molecule has 2 rings (SSSR count). The van der Waals surface area contributed by atoms with E-state index in [-0.39, 0.29) is 5.91 Å². The van der Waals surface area contributed by atoms with Crippen LogP contribution in [0.1, 0.15) is 35.7 Å². The quantitative estimate of drug-likeness (QED) is 0.886. The smallest absolute Gasteiger partial charge is 0.272 e. The first-order valence-electron chi connectivity index (χ1n) is 7.41. The molecule has 2 aromatic heterocycles. The topological polar surface area (TPSA) is 71.0 Å². The highest BCUT2D eigenvalue weighted by Gasteiger charge is 2.15. The number of nitrogens with zero attached hydrogens (tertiary/aromatic N) is 4. The summed E-state index contributed by atoms with van der Waals surface area (Å²) in [6, 6.07) is 5.57. The van der Waals surface area contributed by atoms with Crippen LogP contribution in [-0.4, -0.2) is 38.8 Å². The summed E-state index contributed by atoms with van der Waals surface area (Å²) < 4.78 is 0. The molecule has 0 bridgehead atoms. The number of hydrogen-bond acceptors (Lipinski definition) is 5. The molecule has 116 valence electrons. The Hall–Kier alpha value is -2.50. The highest BCUT2D eigenvalue weighted by Crippen LogP contribution is 2.11. The standard InChI is InChI=1S/C16H21N5O/c1-4-21(5-2)16(22)14-10-15(20-12(3)19-14)18-11-13-6-8-17-9-7-13/h6-10H,4-5,11H2,1-3H3,(H,18,19,20). The SMILES string of the molecule is CCN(CC)C(=O)c1cc(NCc2ccncc2)nc(C)n1. The lowest BCUT2D eigenvalue weighted by atomic mass is 10.2. The van der Waals surface area contributed by atoms with Gasteiger partial charge in [0.1, 0.15) is 17.3 Å². The molecule has 0 spiro atoms. The Balaban J connectivity index is 2.14. The van der Waals surface area contributed by atoms with E-state index < -0.39 is 0 Å². The van der Waals surface area contributed by atoms with Crippen molar-refractivity contribution in [1.82, 2.24) is 19.9 Å². The van der Waals surface area contributed by atoms with Crippen LogP contribution in [0, 0.1) is 6.92 Å². The van der Waals surface area contributed by atoms with Crippen molar-refractivity contribution in [3.8, 4) is 0 Å². The molecule has 0 saturated carbocycles. The Morgan fingerprint density at radius 2 is 1.86 bits per heavy atom. The summed E-state index contributed by atoms with van der Waals surface area (Å²) in [5, 5.41) is 3.22. The molecule has 0 aliphatic heterocycles. The number of rotatable bonds is 6. The van der Waals surface area contributed by atoms with Crippen LogP contribution in [0.15, 0.2) is 30.6 Å². The number of aromatic nitrogens is 3. The maximum Gasteiger partial charge on any atom is 0.272 e. The third-order valence-electron chi connectivity index (χ3n) is 3.33. The molecule has 0 aliphatic carbocycles. The summed E-state index contributed by atoms with van der Waals surface area (Å²) in [6.07, 6.45) is 3.50. The van der Waals surface area contributed by atoms with Crippen LogP contribution in [-0.2, 0) is 6.54 Å². The fraction of sp³-hybridized carbons (Fsp3) is 0.375. The van der Waals surface area contributed by atoms with Crippen LogP contribution in [0.25, 0.3) is 0 Å². The summed E-state index contributed by atoms with van der Waals surface area (Å²) in [4.78, 5) is 26.7.